The highest BCUT2D eigenvalue weighted by Crippen LogP contribution is 2.41. The fraction of sp³-hybridized carbons (Fsp3) is 0.500. The van der Waals surface area contributed by atoms with Crippen LogP contribution in [0.5, 0.6) is 5.75 Å². The number of ether oxygens (including phenoxy) is 1. The van der Waals surface area contributed by atoms with Gasteiger partial charge in [-0.25, -0.2) is 18.7 Å². The van der Waals surface area contributed by atoms with Crippen molar-refractivity contribution in [3.63, 3.8) is 0 Å². The molecule has 0 bridgehead atoms. The van der Waals surface area contributed by atoms with Crippen molar-refractivity contribution in [2.45, 2.75) is 77.1 Å². The van der Waals surface area contributed by atoms with Crippen molar-refractivity contribution < 1.29 is 27.4 Å². The zero-order valence-electron chi connectivity index (χ0n) is 22.4. The minimum atomic E-state index is -3.82. The highest BCUT2D eigenvalue weighted by molar-refractivity contribution is 5.90. The van der Waals surface area contributed by atoms with Crippen molar-refractivity contribution in [3.8, 4) is 5.75 Å². The summed E-state index contributed by atoms with van der Waals surface area (Å²) < 4.78 is 65.7. The second-order valence-corrected chi connectivity index (χ2v) is 10.7. The van der Waals surface area contributed by atoms with Gasteiger partial charge in [-0.05, 0) is 66.6 Å². The maximum absolute atomic E-state index is 15.3. The van der Waals surface area contributed by atoms with Crippen molar-refractivity contribution in [1.29, 1.82) is 0 Å². The molecular weight excluding hydrogens is 500 g/mol. The van der Waals surface area contributed by atoms with Crippen LogP contribution >= 0.6 is 0 Å². The number of fused-ring (bicyclic) bond motifs is 1. The number of halogens is 4. The first-order valence-electron chi connectivity index (χ1n) is 12.7. The van der Waals surface area contributed by atoms with E-state index in [9.17, 15) is 18.3 Å². The maximum Gasteiger partial charge on any atom is 0.303 e. The van der Waals surface area contributed by atoms with Crippen LogP contribution in [-0.4, -0.2) is 51.3 Å². The lowest BCUT2D eigenvalue weighted by Crippen LogP contribution is -2.41. The van der Waals surface area contributed by atoms with Gasteiger partial charge in [-0.3, -0.25) is 4.90 Å². The lowest BCUT2D eigenvalue weighted by Gasteiger charge is -2.30. The van der Waals surface area contributed by atoms with Gasteiger partial charge in [0.05, 0.1) is 17.1 Å². The molecular formula is C28H34F4N4O2. The van der Waals surface area contributed by atoms with Crippen LogP contribution in [0.4, 0.5) is 23.4 Å². The molecule has 1 aliphatic heterocycles. The molecule has 3 atom stereocenters. The van der Waals surface area contributed by atoms with E-state index in [0.29, 0.717) is 29.4 Å². The van der Waals surface area contributed by atoms with Crippen molar-refractivity contribution in [2.24, 2.45) is 0 Å². The molecule has 1 saturated heterocycles. The molecule has 0 spiro atoms. The zero-order valence-corrected chi connectivity index (χ0v) is 22.4. The summed E-state index contributed by atoms with van der Waals surface area (Å²) in [5, 5.41) is 13.5. The largest absolute Gasteiger partial charge is 0.489 e. The molecule has 38 heavy (non-hydrogen) atoms. The van der Waals surface area contributed by atoms with Gasteiger partial charge >= 0.3 is 5.92 Å². The molecule has 4 rings (SSSR count). The summed E-state index contributed by atoms with van der Waals surface area (Å²) in [5.74, 6) is -4.82. The predicted octanol–water partition coefficient (Wildman–Crippen LogP) is 6.11. The lowest BCUT2D eigenvalue weighted by molar-refractivity contribution is -0.170. The Kier molecular flexibility index (Phi) is 7.60. The molecule has 1 aromatic heterocycles. The van der Waals surface area contributed by atoms with Gasteiger partial charge in [0.1, 0.15) is 29.7 Å². The third kappa shape index (κ3) is 5.29. The highest BCUT2D eigenvalue weighted by Gasteiger charge is 2.49. The monoisotopic (exact) mass is 534 g/mol. The Morgan fingerprint density at radius 1 is 1.18 bits per heavy atom. The minimum Gasteiger partial charge on any atom is -0.489 e. The Morgan fingerprint density at radius 2 is 1.89 bits per heavy atom. The average Bonchev–Trinajstić information content (AvgIpc) is 3.14. The Balaban J connectivity index is 1.65. The molecule has 1 fully saturated rings. The Hall–Kier alpha value is -2.98. The van der Waals surface area contributed by atoms with Crippen LogP contribution in [0.25, 0.3) is 10.9 Å². The molecule has 6 nitrogen and oxygen atoms in total. The number of nitrogens with one attached hydrogen (secondary N) is 1. The molecule has 2 aromatic carbocycles. The SMILES string of the molecule is Cc1nc(N[C@H](C)c2cccc(C(F)(F)C(C)(C)O)c2F)c2cc(OC[C@@H]3CC[C@@H](C)N3C)c(F)cc2n1. The van der Waals surface area contributed by atoms with Gasteiger partial charge in [0.2, 0.25) is 0 Å². The number of hydrogen-bond donors (Lipinski definition) is 2. The maximum atomic E-state index is 15.3. The van der Waals surface area contributed by atoms with Gasteiger partial charge in [-0.1, -0.05) is 12.1 Å². The minimum absolute atomic E-state index is 0.0344. The number of hydrogen-bond acceptors (Lipinski definition) is 6. The molecule has 2 N–H and O–H groups in total. The van der Waals surface area contributed by atoms with E-state index in [1.165, 1.54) is 24.3 Å². The van der Waals surface area contributed by atoms with E-state index >= 15 is 4.39 Å². The van der Waals surface area contributed by atoms with Crippen molar-refractivity contribution in [3.05, 3.63) is 58.9 Å². The quantitative estimate of drug-likeness (QED) is 0.340. The smallest absolute Gasteiger partial charge is 0.303 e. The summed E-state index contributed by atoms with van der Waals surface area (Å²) in [5.41, 5.74) is -3.07. The number of alkyl halides is 2. The van der Waals surface area contributed by atoms with E-state index in [-0.39, 0.29) is 23.2 Å². The van der Waals surface area contributed by atoms with Gasteiger partial charge in [-0.2, -0.15) is 8.78 Å². The van der Waals surface area contributed by atoms with E-state index in [4.69, 9.17) is 4.74 Å². The van der Waals surface area contributed by atoms with Crippen molar-refractivity contribution in [1.82, 2.24) is 14.9 Å². The topological polar surface area (TPSA) is 70.5 Å². The first-order valence-corrected chi connectivity index (χ1v) is 12.7. The molecule has 0 unspecified atom stereocenters. The summed E-state index contributed by atoms with van der Waals surface area (Å²) >= 11 is 0. The van der Waals surface area contributed by atoms with Gasteiger partial charge in [-0.15, -0.1) is 0 Å². The third-order valence-corrected chi connectivity index (χ3v) is 7.44. The molecule has 206 valence electrons. The highest BCUT2D eigenvalue weighted by atomic mass is 19.3. The Labute approximate surface area is 220 Å². The molecule has 1 aliphatic rings. The summed E-state index contributed by atoms with van der Waals surface area (Å²) in [6.45, 7) is 7.56. The number of aliphatic hydroxyl groups is 1. The van der Waals surface area contributed by atoms with Crippen molar-refractivity contribution >= 4 is 16.7 Å². The van der Waals surface area contributed by atoms with Crippen molar-refractivity contribution in [2.75, 3.05) is 19.0 Å². The number of likely N-dealkylation sites (tertiary alicyclic amines) is 1. The van der Waals surface area contributed by atoms with Gasteiger partial charge in [0.25, 0.3) is 0 Å². The fourth-order valence-corrected chi connectivity index (χ4v) is 4.79. The molecule has 3 aromatic rings. The van der Waals surface area contributed by atoms with Gasteiger partial charge < -0.3 is 15.2 Å². The summed E-state index contributed by atoms with van der Waals surface area (Å²) in [6, 6.07) is 6.24. The van der Waals surface area contributed by atoms with Gasteiger partial charge in [0.15, 0.2) is 11.6 Å². The fourth-order valence-electron chi connectivity index (χ4n) is 4.79. The predicted molar refractivity (Wildman–Crippen MR) is 139 cm³/mol. The second kappa shape index (κ2) is 10.3. The molecule has 0 amide bonds. The standard InChI is InChI=1S/C28H34F4N4O2/c1-15-10-11-18(36(15)6)14-38-24-12-20-23(13-22(24)29)34-17(3)35-26(20)33-16(2)19-8-7-9-21(25(19)30)28(31,32)27(4,5)37/h7-9,12-13,15-16,18,37H,10-11,14H2,1-6H3,(H,33,34,35)/t15-,16-,18+/m1/s1. The van der Waals surface area contributed by atoms with E-state index in [2.05, 4.69) is 27.1 Å². The number of aryl methyl sites for hydroxylation is 1. The van der Waals surface area contributed by atoms with E-state index in [0.717, 1.165) is 32.8 Å². The first kappa shape index (κ1) is 28.0. The second-order valence-electron chi connectivity index (χ2n) is 10.7. The van der Waals surface area contributed by atoms with Crippen LogP contribution in [0, 0.1) is 18.6 Å². The van der Waals surface area contributed by atoms with Crippen LogP contribution in [0.2, 0.25) is 0 Å². The van der Waals surface area contributed by atoms with Crippen LogP contribution in [-0.2, 0) is 5.92 Å². The summed E-state index contributed by atoms with van der Waals surface area (Å²) in [6.07, 6.45) is 2.00. The average molecular weight is 535 g/mol. The Morgan fingerprint density at radius 3 is 2.53 bits per heavy atom. The molecule has 0 saturated carbocycles. The third-order valence-electron chi connectivity index (χ3n) is 7.44. The molecule has 0 radical (unpaired) electrons. The number of rotatable bonds is 8. The normalized spacial score (nSPS) is 19.7. The molecule has 0 aliphatic carbocycles. The lowest BCUT2D eigenvalue weighted by atomic mass is 9.91. The number of aromatic nitrogens is 2. The zero-order chi connectivity index (χ0) is 28.0. The van der Waals surface area contributed by atoms with Crippen LogP contribution in [0.15, 0.2) is 30.3 Å². The van der Waals surface area contributed by atoms with E-state index in [1.54, 1.807) is 13.8 Å². The van der Waals surface area contributed by atoms with E-state index < -0.39 is 34.8 Å². The molecule has 2 heterocycles. The Bertz CT molecular complexity index is 1330. The van der Waals surface area contributed by atoms with E-state index in [1.807, 2.05) is 7.05 Å². The molecule has 10 heteroatoms. The van der Waals surface area contributed by atoms with Crippen LogP contribution < -0.4 is 10.1 Å². The van der Waals surface area contributed by atoms with Gasteiger partial charge in [0, 0.05) is 29.1 Å². The van der Waals surface area contributed by atoms with Crippen LogP contribution in [0.1, 0.15) is 63.5 Å². The number of benzene rings is 2. The number of nitrogens with zero attached hydrogens (tertiary/aromatic N) is 3. The summed E-state index contributed by atoms with van der Waals surface area (Å²) in [7, 11) is 2.02. The van der Waals surface area contributed by atoms with Crippen LogP contribution in [0.3, 0.4) is 0 Å². The first-order chi connectivity index (χ1) is 17.7. The number of likely N-dealkylation sites (N-methyl/N-ethyl adjacent to an activating group) is 1. The number of anilines is 1. The summed E-state index contributed by atoms with van der Waals surface area (Å²) in [4.78, 5) is 10.9.